The monoisotopic (exact) mass is 481 g/mol. The topological polar surface area (TPSA) is 119 Å². The number of phenols is 1. The van der Waals surface area contributed by atoms with E-state index in [1.165, 1.54) is 18.3 Å². The number of hydrogen-bond donors (Lipinski definition) is 3. The first-order chi connectivity index (χ1) is 16.9. The van der Waals surface area contributed by atoms with E-state index in [-0.39, 0.29) is 53.5 Å². The Morgan fingerprint density at radius 2 is 2.09 bits per heavy atom. The lowest BCUT2D eigenvalue weighted by atomic mass is 10.1. The summed E-state index contributed by atoms with van der Waals surface area (Å²) >= 11 is 0. The van der Waals surface area contributed by atoms with Crippen molar-refractivity contribution < 1.29 is 28.6 Å². The van der Waals surface area contributed by atoms with E-state index >= 15 is 4.39 Å². The Hall–Kier alpha value is -4.08. The van der Waals surface area contributed by atoms with Crippen LogP contribution in [0.5, 0.6) is 17.2 Å². The summed E-state index contributed by atoms with van der Waals surface area (Å²) in [5.41, 5.74) is 0.0331. The van der Waals surface area contributed by atoms with E-state index in [9.17, 15) is 19.5 Å². The summed E-state index contributed by atoms with van der Waals surface area (Å²) in [6, 6.07) is 5.53. The molecule has 2 heterocycles. The van der Waals surface area contributed by atoms with Crippen LogP contribution < -0.4 is 20.8 Å². The minimum atomic E-state index is -0.699. The molecule has 35 heavy (non-hydrogen) atoms. The summed E-state index contributed by atoms with van der Waals surface area (Å²) in [7, 11) is 0. The number of esters is 1. The molecule has 0 unspecified atom stereocenters. The minimum Gasteiger partial charge on any atom is -0.508 e. The van der Waals surface area contributed by atoms with Crippen molar-refractivity contribution in [3.05, 3.63) is 52.1 Å². The van der Waals surface area contributed by atoms with Crippen molar-refractivity contribution in [2.24, 2.45) is 5.92 Å². The molecular formula is C25H24FN3O6. The standard InChI is InChI=1S/C25H24FN3O6/c1-2-34-20(31)7-8-27-25(33)16-12-29-18-6-5-14(30)9-19(18)35-24-21(28-11-13-3-4-13)17(26)10-15(22(24)29)23(16)32/h5-6,9-10,12-13,28,30H,2-4,7-8,11H2,1H3,(H,27,33). The van der Waals surface area contributed by atoms with Gasteiger partial charge < -0.3 is 29.8 Å². The van der Waals surface area contributed by atoms with Gasteiger partial charge in [-0.15, -0.1) is 0 Å². The molecule has 10 heteroatoms. The number of nitrogens with one attached hydrogen (secondary N) is 2. The quantitative estimate of drug-likeness (QED) is 0.330. The van der Waals surface area contributed by atoms with Crippen molar-refractivity contribution in [3.8, 4) is 22.9 Å². The largest absolute Gasteiger partial charge is 0.508 e. The third-order valence-corrected chi connectivity index (χ3v) is 6.04. The van der Waals surface area contributed by atoms with Crippen LogP contribution in [0.1, 0.15) is 36.5 Å². The predicted octanol–water partition coefficient (Wildman–Crippen LogP) is 3.45. The molecule has 2 aliphatic rings. The highest BCUT2D eigenvalue weighted by Gasteiger charge is 2.30. The molecule has 5 rings (SSSR count). The lowest BCUT2D eigenvalue weighted by molar-refractivity contribution is -0.142. The lowest BCUT2D eigenvalue weighted by Gasteiger charge is -2.26. The molecule has 1 saturated carbocycles. The van der Waals surface area contributed by atoms with Crippen LogP contribution >= 0.6 is 0 Å². The SMILES string of the molecule is CCOC(=O)CCNC(=O)c1cn2c3c(c(NCC4CC4)c(F)cc3c1=O)Oc1cc(O)ccc1-2. The molecule has 3 N–H and O–H groups in total. The van der Waals surface area contributed by atoms with Crippen LogP contribution in [0.2, 0.25) is 0 Å². The summed E-state index contributed by atoms with van der Waals surface area (Å²) in [5.74, 6) is -1.08. The van der Waals surface area contributed by atoms with Crippen LogP contribution in [-0.2, 0) is 9.53 Å². The van der Waals surface area contributed by atoms with E-state index in [2.05, 4.69) is 10.6 Å². The Morgan fingerprint density at radius 1 is 1.29 bits per heavy atom. The summed E-state index contributed by atoms with van der Waals surface area (Å²) in [4.78, 5) is 37.7. The molecule has 3 aromatic rings. The molecule has 0 radical (unpaired) electrons. The average Bonchev–Trinajstić information content (AvgIpc) is 3.64. The number of aromatic hydroxyl groups is 1. The number of amides is 1. The summed E-state index contributed by atoms with van der Waals surface area (Å²) < 4.78 is 27.7. The van der Waals surface area contributed by atoms with Crippen LogP contribution in [0.3, 0.4) is 0 Å². The highest BCUT2D eigenvalue weighted by Crippen LogP contribution is 2.46. The van der Waals surface area contributed by atoms with Gasteiger partial charge in [-0.3, -0.25) is 14.4 Å². The molecule has 1 fully saturated rings. The van der Waals surface area contributed by atoms with Gasteiger partial charge >= 0.3 is 5.97 Å². The predicted molar refractivity (Wildman–Crippen MR) is 126 cm³/mol. The van der Waals surface area contributed by atoms with Crippen molar-refractivity contribution in [1.82, 2.24) is 9.88 Å². The molecule has 9 nitrogen and oxygen atoms in total. The maximum atomic E-state index is 15.2. The summed E-state index contributed by atoms with van der Waals surface area (Å²) in [5, 5.41) is 15.6. The molecule has 0 atom stereocenters. The van der Waals surface area contributed by atoms with Crippen LogP contribution in [0.25, 0.3) is 16.6 Å². The zero-order valence-corrected chi connectivity index (χ0v) is 19.0. The third-order valence-electron chi connectivity index (χ3n) is 6.04. The second-order valence-electron chi connectivity index (χ2n) is 8.59. The van der Waals surface area contributed by atoms with Gasteiger partial charge in [-0.1, -0.05) is 0 Å². The Morgan fingerprint density at radius 3 is 2.83 bits per heavy atom. The fourth-order valence-corrected chi connectivity index (χ4v) is 4.11. The number of aromatic nitrogens is 1. The van der Waals surface area contributed by atoms with Gasteiger partial charge in [-0.2, -0.15) is 0 Å². The third kappa shape index (κ3) is 4.27. The van der Waals surface area contributed by atoms with E-state index in [1.807, 2.05) is 0 Å². The first-order valence-corrected chi connectivity index (χ1v) is 11.5. The van der Waals surface area contributed by atoms with Crippen molar-refractivity contribution in [1.29, 1.82) is 0 Å². The molecule has 1 aliphatic heterocycles. The molecule has 1 amide bonds. The Kier molecular flexibility index (Phi) is 5.80. The van der Waals surface area contributed by atoms with Gasteiger partial charge in [0.05, 0.1) is 24.1 Å². The average molecular weight is 481 g/mol. The van der Waals surface area contributed by atoms with E-state index in [1.54, 1.807) is 17.6 Å². The molecule has 1 aliphatic carbocycles. The number of carbonyl (C=O) groups excluding carboxylic acids is 2. The van der Waals surface area contributed by atoms with E-state index in [4.69, 9.17) is 9.47 Å². The highest BCUT2D eigenvalue weighted by molar-refractivity contribution is 6.01. The number of anilines is 1. The van der Waals surface area contributed by atoms with Gasteiger partial charge in [-0.05, 0) is 43.9 Å². The Bertz CT molecular complexity index is 1410. The van der Waals surface area contributed by atoms with Gasteiger partial charge in [0.1, 0.15) is 22.5 Å². The smallest absolute Gasteiger partial charge is 0.307 e. The maximum absolute atomic E-state index is 15.2. The van der Waals surface area contributed by atoms with Crippen molar-refractivity contribution in [3.63, 3.8) is 0 Å². The number of nitrogens with zero attached hydrogens (tertiary/aromatic N) is 1. The fourth-order valence-electron chi connectivity index (χ4n) is 4.11. The van der Waals surface area contributed by atoms with Crippen LogP contribution in [0, 0.1) is 11.7 Å². The molecule has 0 saturated heterocycles. The molecule has 2 aromatic carbocycles. The summed E-state index contributed by atoms with van der Waals surface area (Å²) in [6.07, 6.45) is 3.45. The zero-order valence-electron chi connectivity index (χ0n) is 19.0. The molecule has 1 aromatic heterocycles. The summed E-state index contributed by atoms with van der Waals surface area (Å²) in [6.45, 7) is 2.45. The van der Waals surface area contributed by atoms with Crippen molar-refractivity contribution in [2.75, 3.05) is 25.0 Å². The van der Waals surface area contributed by atoms with Crippen molar-refractivity contribution >= 4 is 28.5 Å². The second-order valence-corrected chi connectivity index (χ2v) is 8.59. The number of benzene rings is 2. The fraction of sp³-hybridized carbons (Fsp3) is 0.320. The molecule has 182 valence electrons. The van der Waals surface area contributed by atoms with Crippen LogP contribution in [0.4, 0.5) is 10.1 Å². The number of pyridine rings is 1. The van der Waals surface area contributed by atoms with Crippen molar-refractivity contribution in [2.45, 2.75) is 26.2 Å². The zero-order chi connectivity index (χ0) is 24.7. The normalized spacial score (nSPS) is 13.7. The van der Waals surface area contributed by atoms with Gasteiger partial charge in [-0.25, -0.2) is 4.39 Å². The highest BCUT2D eigenvalue weighted by atomic mass is 19.1. The second kappa shape index (κ2) is 8.94. The van der Waals surface area contributed by atoms with E-state index in [0.29, 0.717) is 23.7 Å². The van der Waals surface area contributed by atoms with E-state index < -0.39 is 23.1 Å². The van der Waals surface area contributed by atoms with Gasteiger partial charge in [0.25, 0.3) is 5.91 Å². The van der Waals surface area contributed by atoms with Gasteiger partial charge in [0, 0.05) is 25.4 Å². The number of phenolic OH excluding ortho intramolecular Hbond substituents is 1. The number of halogens is 1. The number of fused-ring (bicyclic) bond motifs is 2. The van der Waals surface area contributed by atoms with Gasteiger partial charge in [0.15, 0.2) is 17.3 Å². The first-order valence-electron chi connectivity index (χ1n) is 11.5. The number of ether oxygens (including phenoxy) is 2. The Balaban J connectivity index is 1.60. The van der Waals surface area contributed by atoms with E-state index in [0.717, 1.165) is 18.9 Å². The maximum Gasteiger partial charge on any atom is 0.307 e. The minimum absolute atomic E-state index is 0.0215. The Labute approximate surface area is 199 Å². The molecule has 0 spiro atoms. The molecule has 0 bridgehead atoms. The number of rotatable bonds is 8. The lowest BCUT2D eigenvalue weighted by Crippen LogP contribution is -2.32. The first kappa shape index (κ1) is 22.7. The molecular weight excluding hydrogens is 457 g/mol. The van der Waals surface area contributed by atoms with Crippen LogP contribution in [0.15, 0.2) is 35.3 Å². The number of carbonyl (C=O) groups is 2. The van der Waals surface area contributed by atoms with Crippen LogP contribution in [-0.4, -0.2) is 41.2 Å². The van der Waals surface area contributed by atoms with Gasteiger partial charge in [0.2, 0.25) is 5.43 Å². The number of hydrogen-bond acceptors (Lipinski definition) is 7.